The number of para-hydroxylation sites is 1. The molecule has 1 aliphatic heterocycles. The highest BCUT2D eigenvalue weighted by atomic mass is 32.2. The number of amides is 2. The Morgan fingerprint density at radius 1 is 1.17 bits per heavy atom. The first kappa shape index (κ1) is 21.4. The molecule has 2 aromatic rings. The zero-order valence-electron chi connectivity index (χ0n) is 17.0. The Morgan fingerprint density at radius 2 is 1.87 bits per heavy atom. The van der Waals surface area contributed by atoms with Gasteiger partial charge < -0.3 is 10.2 Å². The molecule has 0 unspecified atom stereocenters. The highest BCUT2D eigenvalue weighted by Gasteiger charge is 2.30. The summed E-state index contributed by atoms with van der Waals surface area (Å²) in [5.74, 6) is -0.200. The third kappa shape index (κ3) is 5.39. The van der Waals surface area contributed by atoms with E-state index in [9.17, 15) is 9.59 Å². The second-order valence-corrected chi connectivity index (χ2v) is 7.76. The molecule has 1 N–H and O–H groups in total. The molecule has 30 heavy (non-hydrogen) atoms. The first-order valence-electron chi connectivity index (χ1n) is 9.46. The minimum atomic E-state index is -0.197. The Kier molecular flexibility index (Phi) is 7.08. The van der Waals surface area contributed by atoms with E-state index < -0.39 is 0 Å². The third-order valence-corrected chi connectivity index (χ3v) is 5.30. The van der Waals surface area contributed by atoms with Crippen molar-refractivity contribution in [3.63, 3.8) is 0 Å². The molecule has 154 valence electrons. The average molecular weight is 421 g/mol. The van der Waals surface area contributed by atoms with E-state index in [4.69, 9.17) is 0 Å². The number of nitrogens with one attached hydrogen (secondary N) is 1. The standard InChI is InChI=1S/C23H24N4O2S/c1-4-14-27-22(29)20(15-17-10-12-19(13-11-17)26(2)3)25-23(27)30-16-21(28)24-18-8-6-5-7-9-18/h4-13,15H,1,14,16H2,2-3H3,(H,24,28)/b20-15-. The lowest BCUT2D eigenvalue weighted by molar-refractivity contribution is -0.122. The minimum Gasteiger partial charge on any atom is -0.378 e. The molecule has 3 rings (SSSR count). The third-order valence-electron chi connectivity index (χ3n) is 4.33. The lowest BCUT2D eigenvalue weighted by Gasteiger charge is -2.15. The molecule has 0 fully saturated rings. The summed E-state index contributed by atoms with van der Waals surface area (Å²) in [6.07, 6.45) is 3.41. The van der Waals surface area contributed by atoms with Crippen LogP contribution in [-0.2, 0) is 9.59 Å². The molecule has 0 saturated heterocycles. The summed E-state index contributed by atoms with van der Waals surface area (Å²) in [5.41, 5.74) is 3.05. The quantitative estimate of drug-likeness (QED) is 0.546. The van der Waals surface area contributed by atoms with Gasteiger partial charge in [0.1, 0.15) is 5.70 Å². The molecule has 1 heterocycles. The lowest BCUT2D eigenvalue weighted by Crippen LogP contribution is -2.31. The van der Waals surface area contributed by atoms with Crippen LogP contribution in [0.4, 0.5) is 11.4 Å². The van der Waals surface area contributed by atoms with Crippen molar-refractivity contribution < 1.29 is 9.59 Å². The van der Waals surface area contributed by atoms with E-state index in [1.165, 1.54) is 16.7 Å². The fourth-order valence-electron chi connectivity index (χ4n) is 2.81. The average Bonchev–Trinajstić information content (AvgIpc) is 3.03. The zero-order chi connectivity index (χ0) is 21.5. The smallest absolute Gasteiger partial charge is 0.278 e. The molecule has 7 heteroatoms. The van der Waals surface area contributed by atoms with E-state index in [1.54, 1.807) is 12.2 Å². The molecule has 0 aromatic heterocycles. The van der Waals surface area contributed by atoms with Gasteiger partial charge in [0.15, 0.2) is 5.17 Å². The van der Waals surface area contributed by atoms with Crippen LogP contribution in [0.3, 0.4) is 0 Å². The Hall–Kier alpha value is -3.32. The number of benzene rings is 2. The van der Waals surface area contributed by atoms with Crippen LogP contribution in [0.5, 0.6) is 0 Å². The number of nitrogens with zero attached hydrogens (tertiary/aromatic N) is 3. The van der Waals surface area contributed by atoms with Crippen LogP contribution in [0.2, 0.25) is 0 Å². The van der Waals surface area contributed by atoms with Gasteiger partial charge in [-0.2, -0.15) is 0 Å². The van der Waals surface area contributed by atoms with Crippen LogP contribution in [0, 0.1) is 0 Å². The highest BCUT2D eigenvalue weighted by Crippen LogP contribution is 2.25. The van der Waals surface area contributed by atoms with Crippen LogP contribution in [0.15, 0.2) is 77.9 Å². The lowest BCUT2D eigenvalue weighted by atomic mass is 10.1. The summed E-state index contributed by atoms with van der Waals surface area (Å²) in [4.78, 5) is 33.1. The van der Waals surface area contributed by atoms with Crippen molar-refractivity contribution in [1.29, 1.82) is 0 Å². The van der Waals surface area contributed by atoms with Gasteiger partial charge in [0.25, 0.3) is 5.91 Å². The molecular weight excluding hydrogens is 396 g/mol. The summed E-state index contributed by atoms with van der Waals surface area (Å²) in [6.45, 7) is 4.05. The maximum atomic E-state index is 12.8. The second kappa shape index (κ2) is 9.93. The van der Waals surface area contributed by atoms with Crippen molar-refractivity contribution in [2.75, 3.05) is 36.6 Å². The number of aliphatic imine (C=N–C) groups is 1. The maximum Gasteiger partial charge on any atom is 0.278 e. The number of thioether (sulfide) groups is 1. The van der Waals surface area contributed by atoms with Gasteiger partial charge in [0, 0.05) is 32.0 Å². The van der Waals surface area contributed by atoms with Gasteiger partial charge >= 0.3 is 0 Å². The molecule has 6 nitrogen and oxygen atoms in total. The summed E-state index contributed by atoms with van der Waals surface area (Å²) < 4.78 is 0. The van der Waals surface area contributed by atoms with Crippen molar-refractivity contribution in [2.24, 2.45) is 4.99 Å². The van der Waals surface area contributed by atoms with E-state index >= 15 is 0 Å². The normalized spacial score (nSPS) is 14.6. The summed E-state index contributed by atoms with van der Waals surface area (Å²) in [6, 6.07) is 17.1. The van der Waals surface area contributed by atoms with Crippen LogP contribution in [0.25, 0.3) is 6.08 Å². The molecule has 0 atom stereocenters. The van der Waals surface area contributed by atoms with Gasteiger partial charge in [-0.05, 0) is 35.9 Å². The molecule has 0 saturated carbocycles. The van der Waals surface area contributed by atoms with E-state index in [2.05, 4.69) is 16.9 Å². The van der Waals surface area contributed by atoms with Crippen molar-refractivity contribution >= 4 is 46.2 Å². The van der Waals surface area contributed by atoms with Crippen molar-refractivity contribution in [3.8, 4) is 0 Å². The van der Waals surface area contributed by atoms with Crippen LogP contribution in [-0.4, -0.2) is 48.3 Å². The van der Waals surface area contributed by atoms with Gasteiger partial charge in [0.05, 0.1) is 5.75 Å². The molecule has 2 aromatic carbocycles. The SMILES string of the molecule is C=CCN1C(=O)/C(=C/c2ccc(N(C)C)cc2)N=C1SCC(=O)Nc1ccccc1. The van der Waals surface area contributed by atoms with Crippen LogP contribution in [0.1, 0.15) is 5.56 Å². The Morgan fingerprint density at radius 3 is 2.50 bits per heavy atom. The van der Waals surface area contributed by atoms with Gasteiger partial charge in [0.2, 0.25) is 5.91 Å². The summed E-state index contributed by atoms with van der Waals surface area (Å²) in [7, 11) is 3.95. The Balaban J connectivity index is 1.72. The van der Waals surface area contributed by atoms with Gasteiger partial charge in [-0.3, -0.25) is 14.5 Å². The van der Waals surface area contributed by atoms with Crippen molar-refractivity contribution in [2.45, 2.75) is 0 Å². The number of hydrogen-bond donors (Lipinski definition) is 1. The van der Waals surface area contributed by atoms with Gasteiger partial charge in [-0.25, -0.2) is 4.99 Å². The monoisotopic (exact) mass is 420 g/mol. The summed E-state index contributed by atoms with van der Waals surface area (Å²) in [5, 5.41) is 3.33. The highest BCUT2D eigenvalue weighted by molar-refractivity contribution is 8.14. The van der Waals surface area contributed by atoms with Crippen molar-refractivity contribution in [1.82, 2.24) is 4.90 Å². The van der Waals surface area contributed by atoms with Gasteiger partial charge in [-0.15, -0.1) is 6.58 Å². The second-order valence-electron chi connectivity index (χ2n) is 6.82. The molecule has 0 spiro atoms. The predicted molar refractivity (Wildman–Crippen MR) is 126 cm³/mol. The van der Waals surface area contributed by atoms with Crippen LogP contribution < -0.4 is 10.2 Å². The number of carbonyl (C=O) groups is 2. The fourth-order valence-corrected chi connectivity index (χ4v) is 3.61. The molecule has 1 aliphatic rings. The fraction of sp³-hybridized carbons (Fsp3) is 0.174. The van der Waals surface area contributed by atoms with E-state index in [0.717, 1.165) is 16.9 Å². The van der Waals surface area contributed by atoms with E-state index in [0.29, 0.717) is 17.4 Å². The molecule has 0 radical (unpaired) electrons. The number of carbonyl (C=O) groups excluding carboxylic acids is 2. The zero-order valence-corrected chi connectivity index (χ0v) is 17.9. The predicted octanol–water partition coefficient (Wildman–Crippen LogP) is 3.85. The number of hydrogen-bond acceptors (Lipinski definition) is 5. The molecule has 2 amide bonds. The molecule has 0 bridgehead atoms. The molecule has 0 aliphatic carbocycles. The first-order valence-corrected chi connectivity index (χ1v) is 10.4. The molecular formula is C23H24N4O2S. The minimum absolute atomic E-state index is 0.152. The number of rotatable bonds is 7. The van der Waals surface area contributed by atoms with Gasteiger partial charge in [-0.1, -0.05) is 48.2 Å². The van der Waals surface area contributed by atoms with Crippen molar-refractivity contribution in [3.05, 3.63) is 78.5 Å². The Bertz CT molecular complexity index is 982. The summed E-state index contributed by atoms with van der Waals surface area (Å²) >= 11 is 1.23. The maximum absolute atomic E-state index is 12.8. The Labute approximate surface area is 181 Å². The van der Waals surface area contributed by atoms with E-state index in [1.807, 2.05) is 73.6 Å². The van der Waals surface area contributed by atoms with E-state index in [-0.39, 0.29) is 17.6 Å². The number of amidine groups is 1. The topological polar surface area (TPSA) is 65.0 Å². The largest absolute Gasteiger partial charge is 0.378 e. The first-order chi connectivity index (χ1) is 14.5. The number of anilines is 2. The van der Waals surface area contributed by atoms with Crippen LogP contribution >= 0.6 is 11.8 Å².